The normalized spacial score (nSPS) is 13.3. The first kappa shape index (κ1) is 32.8. The van der Waals surface area contributed by atoms with Gasteiger partial charge in [-0.05, 0) is 41.8 Å². The van der Waals surface area contributed by atoms with Crippen molar-refractivity contribution in [1.82, 2.24) is 9.80 Å². The first-order valence-electron chi connectivity index (χ1n) is 14.4. The SMILES string of the molecule is C=CCOc1cc(OCC=C)c(C(=O)c2ccc(OC)cc2)c(CC(=O)N(CCOC)CCN2CCOCC2)c1CC. The van der Waals surface area contributed by atoms with Gasteiger partial charge in [0.05, 0.1) is 38.9 Å². The predicted molar refractivity (Wildman–Crippen MR) is 163 cm³/mol. The van der Waals surface area contributed by atoms with Crippen molar-refractivity contribution in [1.29, 1.82) is 0 Å². The molecular weight excluding hydrogens is 536 g/mol. The van der Waals surface area contributed by atoms with E-state index in [4.69, 9.17) is 23.7 Å². The second-order valence-corrected chi connectivity index (χ2v) is 9.82. The number of rotatable bonds is 18. The van der Waals surface area contributed by atoms with Crippen LogP contribution >= 0.6 is 0 Å². The van der Waals surface area contributed by atoms with Crippen molar-refractivity contribution in [3.05, 3.63) is 77.9 Å². The summed E-state index contributed by atoms with van der Waals surface area (Å²) in [5.74, 6) is 1.19. The van der Waals surface area contributed by atoms with E-state index in [1.54, 1.807) is 56.7 Å². The van der Waals surface area contributed by atoms with E-state index >= 15 is 0 Å². The Labute approximate surface area is 249 Å². The minimum absolute atomic E-state index is 0.00294. The summed E-state index contributed by atoms with van der Waals surface area (Å²) in [7, 11) is 3.20. The van der Waals surface area contributed by atoms with Crippen LogP contribution < -0.4 is 14.2 Å². The number of ketones is 1. The van der Waals surface area contributed by atoms with Gasteiger partial charge in [0.2, 0.25) is 5.91 Å². The molecule has 2 aromatic rings. The largest absolute Gasteiger partial charge is 0.497 e. The fourth-order valence-corrected chi connectivity index (χ4v) is 4.90. The third kappa shape index (κ3) is 8.92. The minimum Gasteiger partial charge on any atom is -0.497 e. The summed E-state index contributed by atoms with van der Waals surface area (Å²) >= 11 is 0. The molecule has 2 aromatic carbocycles. The maximum Gasteiger partial charge on any atom is 0.227 e. The van der Waals surface area contributed by atoms with Crippen LogP contribution in [0.3, 0.4) is 0 Å². The first-order chi connectivity index (χ1) is 20.5. The van der Waals surface area contributed by atoms with Gasteiger partial charge in [-0.25, -0.2) is 0 Å². The third-order valence-electron chi connectivity index (χ3n) is 7.15. The Morgan fingerprint density at radius 3 is 2.24 bits per heavy atom. The lowest BCUT2D eigenvalue weighted by Gasteiger charge is -2.30. The van der Waals surface area contributed by atoms with Crippen LogP contribution in [0.15, 0.2) is 55.6 Å². The van der Waals surface area contributed by atoms with Gasteiger partial charge in [0.1, 0.15) is 30.5 Å². The van der Waals surface area contributed by atoms with Gasteiger partial charge in [0.25, 0.3) is 0 Å². The molecule has 1 fully saturated rings. The molecule has 9 nitrogen and oxygen atoms in total. The number of ether oxygens (including phenoxy) is 5. The molecule has 3 rings (SSSR count). The van der Waals surface area contributed by atoms with Crippen LogP contribution in [0.5, 0.6) is 17.2 Å². The van der Waals surface area contributed by atoms with Crippen molar-refractivity contribution < 1.29 is 33.3 Å². The Hall–Kier alpha value is -3.66. The lowest BCUT2D eigenvalue weighted by molar-refractivity contribution is -0.131. The molecule has 0 N–H and O–H groups in total. The summed E-state index contributed by atoms with van der Waals surface area (Å²) in [6.45, 7) is 15.1. The van der Waals surface area contributed by atoms with E-state index in [9.17, 15) is 9.59 Å². The molecule has 1 saturated heterocycles. The smallest absolute Gasteiger partial charge is 0.227 e. The van der Waals surface area contributed by atoms with E-state index in [1.807, 2.05) is 11.8 Å². The number of benzene rings is 2. The number of morpholine rings is 1. The number of hydrogen-bond donors (Lipinski definition) is 0. The highest BCUT2D eigenvalue weighted by Crippen LogP contribution is 2.37. The van der Waals surface area contributed by atoms with Crippen LogP contribution in [0.25, 0.3) is 0 Å². The van der Waals surface area contributed by atoms with Gasteiger partial charge in [-0.15, -0.1) is 0 Å². The Morgan fingerprint density at radius 2 is 1.64 bits per heavy atom. The fraction of sp³-hybridized carbons (Fsp3) is 0.455. The average Bonchev–Trinajstić information content (AvgIpc) is 3.02. The van der Waals surface area contributed by atoms with E-state index in [-0.39, 0.29) is 31.3 Å². The van der Waals surface area contributed by atoms with Gasteiger partial charge in [0, 0.05) is 51.5 Å². The topological polar surface area (TPSA) is 86.8 Å². The molecule has 1 heterocycles. The summed E-state index contributed by atoms with van der Waals surface area (Å²) in [5, 5.41) is 0. The number of carbonyl (C=O) groups is 2. The zero-order chi connectivity index (χ0) is 30.3. The van der Waals surface area contributed by atoms with E-state index in [0.717, 1.165) is 25.2 Å². The molecule has 1 amide bonds. The molecule has 0 spiro atoms. The highest BCUT2D eigenvalue weighted by Gasteiger charge is 2.28. The van der Waals surface area contributed by atoms with Gasteiger partial charge in [-0.2, -0.15) is 0 Å². The lowest BCUT2D eigenvalue weighted by atomic mass is 9.89. The molecule has 0 aliphatic carbocycles. The maximum absolute atomic E-state index is 14.1. The van der Waals surface area contributed by atoms with Gasteiger partial charge in [-0.1, -0.05) is 32.2 Å². The highest BCUT2D eigenvalue weighted by molar-refractivity contribution is 6.12. The van der Waals surface area contributed by atoms with Crippen LogP contribution in [0, 0.1) is 0 Å². The van der Waals surface area contributed by atoms with Crippen LogP contribution in [-0.4, -0.2) is 101 Å². The molecule has 0 bridgehead atoms. The van der Waals surface area contributed by atoms with Crippen molar-refractivity contribution >= 4 is 11.7 Å². The molecule has 0 saturated carbocycles. The molecule has 0 atom stereocenters. The van der Waals surface area contributed by atoms with Crippen molar-refractivity contribution in [3.8, 4) is 17.2 Å². The summed E-state index contributed by atoms with van der Waals surface area (Å²) in [6, 6.07) is 8.64. The van der Waals surface area contributed by atoms with E-state index in [1.165, 1.54) is 0 Å². The molecule has 0 aromatic heterocycles. The number of methoxy groups -OCH3 is 2. The fourth-order valence-electron chi connectivity index (χ4n) is 4.90. The average molecular weight is 581 g/mol. The highest BCUT2D eigenvalue weighted by atomic mass is 16.5. The summed E-state index contributed by atoms with van der Waals surface area (Å²) < 4.78 is 28.1. The predicted octanol–water partition coefficient (Wildman–Crippen LogP) is 3.97. The first-order valence-corrected chi connectivity index (χ1v) is 14.4. The van der Waals surface area contributed by atoms with Gasteiger partial charge in [-0.3, -0.25) is 14.5 Å². The number of carbonyl (C=O) groups excluding carboxylic acids is 2. The molecule has 9 heteroatoms. The summed E-state index contributed by atoms with van der Waals surface area (Å²) in [4.78, 5) is 32.2. The molecule has 0 unspecified atom stereocenters. The van der Waals surface area contributed by atoms with Crippen molar-refractivity contribution in [2.24, 2.45) is 0 Å². The Balaban J connectivity index is 2.07. The Morgan fingerprint density at radius 1 is 0.976 bits per heavy atom. The van der Waals surface area contributed by atoms with Crippen molar-refractivity contribution in [2.75, 3.05) is 80.0 Å². The van der Waals surface area contributed by atoms with E-state index < -0.39 is 0 Å². The van der Waals surface area contributed by atoms with Crippen LogP contribution in [0.2, 0.25) is 0 Å². The zero-order valence-electron chi connectivity index (χ0n) is 25.2. The molecule has 42 heavy (non-hydrogen) atoms. The van der Waals surface area contributed by atoms with Crippen molar-refractivity contribution in [2.45, 2.75) is 19.8 Å². The standard InChI is InChI=1S/C33H44N2O7/c1-6-18-41-29-24-30(42-19-7-2)32(33(37)25-9-11-26(39-5)12-10-25)28(27(29)8-3)23-31(36)35(17-20-38-4)14-13-34-15-21-40-22-16-34/h6-7,9-12,24H,1-2,8,13-23H2,3-5H3. The Bertz CT molecular complexity index is 1190. The van der Waals surface area contributed by atoms with Crippen molar-refractivity contribution in [3.63, 3.8) is 0 Å². The zero-order valence-corrected chi connectivity index (χ0v) is 25.2. The third-order valence-corrected chi connectivity index (χ3v) is 7.15. The lowest BCUT2D eigenvalue weighted by Crippen LogP contribution is -2.44. The maximum atomic E-state index is 14.1. The van der Waals surface area contributed by atoms with Crippen LogP contribution in [-0.2, 0) is 27.1 Å². The molecule has 1 aliphatic rings. The van der Waals surface area contributed by atoms with Gasteiger partial charge < -0.3 is 28.6 Å². The minimum atomic E-state index is -0.249. The Kier molecular flexibility index (Phi) is 13.6. The second-order valence-electron chi connectivity index (χ2n) is 9.82. The number of nitrogens with zero attached hydrogens (tertiary/aromatic N) is 2. The molecule has 1 aliphatic heterocycles. The summed E-state index contributed by atoms with van der Waals surface area (Å²) in [5.41, 5.74) is 2.18. The molecule has 0 radical (unpaired) electrons. The van der Waals surface area contributed by atoms with Crippen LogP contribution in [0.4, 0.5) is 0 Å². The monoisotopic (exact) mass is 580 g/mol. The summed E-state index contributed by atoms with van der Waals surface area (Å²) in [6.07, 6.45) is 3.82. The molecular formula is C33H44N2O7. The number of hydrogen-bond acceptors (Lipinski definition) is 8. The van der Waals surface area contributed by atoms with E-state index in [2.05, 4.69) is 18.1 Å². The van der Waals surface area contributed by atoms with Gasteiger partial charge >= 0.3 is 0 Å². The quantitative estimate of drug-likeness (QED) is 0.194. The molecule has 228 valence electrons. The van der Waals surface area contributed by atoms with Crippen LogP contribution in [0.1, 0.15) is 34.0 Å². The van der Waals surface area contributed by atoms with E-state index in [0.29, 0.717) is 73.3 Å². The number of amides is 1. The second kappa shape index (κ2) is 17.3. The van der Waals surface area contributed by atoms with Gasteiger partial charge in [0.15, 0.2) is 5.78 Å².